The van der Waals surface area contributed by atoms with E-state index < -0.39 is 9.84 Å². The summed E-state index contributed by atoms with van der Waals surface area (Å²) >= 11 is 1.57. The van der Waals surface area contributed by atoms with Crippen molar-refractivity contribution in [2.75, 3.05) is 0 Å². The Morgan fingerprint density at radius 1 is 0.548 bits per heavy atom. The van der Waals surface area contributed by atoms with Crippen LogP contribution in [0.3, 0.4) is 0 Å². The van der Waals surface area contributed by atoms with Crippen LogP contribution < -0.4 is 4.74 Å². The molecule has 0 radical (unpaired) electrons. The van der Waals surface area contributed by atoms with E-state index in [0.29, 0.717) is 11.5 Å². The molecule has 0 heterocycles. The highest BCUT2D eigenvalue weighted by Gasteiger charge is 2.17. The molecule has 7 heteroatoms. The van der Waals surface area contributed by atoms with Crippen molar-refractivity contribution in [3.05, 3.63) is 97.1 Å². The van der Waals surface area contributed by atoms with Gasteiger partial charge < -0.3 is 14.9 Å². The zero-order chi connectivity index (χ0) is 21.8. The topological polar surface area (TPSA) is 83.8 Å². The summed E-state index contributed by atoms with van der Waals surface area (Å²) < 4.78 is 31.2. The molecule has 156 valence electrons. The number of rotatable bonds is 6. The molecule has 0 unspecified atom stereocenters. The molecule has 0 aromatic heterocycles. The summed E-state index contributed by atoms with van der Waals surface area (Å²) in [6, 6.07) is 26.1. The molecular formula is C24H18O5S2. The van der Waals surface area contributed by atoms with Gasteiger partial charge in [-0.15, -0.1) is 0 Å². The lowest BCUT2D eigenvalue weighted by Gasteiger charge is -2.09. The monoisotopic (exact) mass is 450 g/mol. The molecule has 0 saturated heterocycles. The molecule has 0 bridgehead atoms. The maximum atomic E-state index is 12.7. The van der Waals surface area contributed by atoms with Crippen molar-refractivity contribution in [1.82, 2.24) is 0 Å². The van der Waals surface area contributed by atoms with Crippen LogP contribution >= 0.6 is 11.8 Å². The van der Waals surface area contributed by atoms with Gasteiger partial charge in [-0.25, -0.2) is 8.42 Å². The van der Waals surface area contributed by atoms with Gasteiger partial charge in [-0.1, -0.05) is 11.8 Å². The maximum Gasteiger partial charge on any atom is 0.206 e. The average Bonchev–Trinajstić information content (AvgIpc) is 2.77. The standard InChI is InChI=1S/C24H18O5S2/c25-17-1-9-21(10-2-17)30-22-11-5-19(6-12-22)29-20-7-15-24(16-8-20)31(27,28)23-13-3-18(26)4-14-23/h1-16,25-26H. The summed E-state index contributed by atoms with van der Waals surface area (Å²) in [5, 5.41) is 18.7. The molecule has 4 rings (SSSR count). The van der Waals surface area contributed by atoms with Gasteiger partial charge >= 0.3 is 0 Å². The van der Waals surface area contributed by atoms with Crippen molar-refractivity contribution in [3.8, 4) is 23.0 Å². The first-order valence-electron chi connectivity index (χ1n) is 9.29. The molecule has 31 heavy (non-hydrogen) atoms. The minimum absolute atomic E-state index is 0.00943. The van der Waals surface area contributed by atoms with Gasteiger partial charge in [0.25, 0.3) is 0 Å². The molecule has 4 aromatic rings. The third-order valence-electron chi connectivity index (χ3n) is 4.41. The van der Waals surface area contributed by atoms with Crippen molar-refractivity contribution in [3.63, 3.8) is 0 Å². The Morgan fingerprint density at radius 3 is 1.39 bits per heavy atom. The number of hydrogen-bond donors (Lipinski definition) is 2. The van der Waals surface area contributed by atoms with Crippen LogP contribution in [-0.4, -0.2) is 18.6 Å². The summed E-state index contributed by atoms with van der Waals surface area (Å²) in [4.78, 5) is 2.29. The number of phenols is 2. The second-order valence-electron chi connectivity index (χ2n) is 6.64. The van der Waals surface area contributed by atoms with Crippen LogP contribution in [0.4, 0.5) is 0 Å². The van der Waals surface area contributed by atoms with Gasteiger partial charge in [0.05, 0.1) is 9.79 Å². The highest BCUT2D eigenvalue weighted by molar-refractivity contribution is 7.99. The molecule has 0 amide bonds. The number of sulfone groups is 1. The highest BCUT2D eigenvalue weighted by atomic mass is 32.2. The van der Waals surface area contributed by atoms with Gasteiger partial charge in [-0.05, 0) is 97.1 Å². The van der Waals surface area contributed by atoms with Crippen LogP contribution in [0.1, 0.15) is 0 Å². The first kappa shape index (κ1) is 20.8. The molecule has 2 N–H and O–H groups in total. The Balaban J connectivity index is 1.44. The third kappa shape index (κ3) is 5.02. The number of ether oxygens (including phenoxy) is 1. The largest absolute Gasteiger partial charge is 0.508 e. The van der Waals surface area contributed by atoms with Crippen molar-refractivity contribution in [2.45, 2.75) is 19.6 Å². The summed E-state index contributed by atoms with van der Waals surface area (Å²) in [6.45, 7) is 0. The van der Waals surface area contributed by atoms with Crippen molar-refractivity contribution in [1.29, 1.82) is 0 Å². The number of aromatic hydroxyl groups is 2. The molecule has 4 aromatic carbocycles. The highest BCUT2D eigenvalue weighted by Crippen LogP contribution is 2.31. The van der Waals surface area contributed by atoms with E-state index in [4.69, 9.17) is 4.74 Å². The molecule has 5 nitrogen and oxygen atoms in total. The predicted octanol–water partition coefficient (Wildman–Crippen LogP) is 5.87. The van der Waals surface area contributed by atoms with Gasteiger partial charge in [0.15, 0.2) is 0 Å². The lowest BCUT2D eigenvalue weighted by Crippen LogP contribution is -2.01. The number of phenolic OH excluding ortho intramolecular Hbond substituents is 2. The fraction of sp³-hybridized carbons (Fsp3) is 0. The third-order valence-corrected chi connectivity index (χ3v) is 7.21. The first-order valence-corrected chi connectivity index (χ1v) is 11.6. The predicted molar refractivity (Wildman–Crippen MR) is 119 cm³/mol. The Kier molecular flexibility index (Phi) is 5.88. The maximum absolute atomic E-state index is 12.7. The minimum atomic E-state index is -3.67. The number of hydrogen-bond acceptors (Lipinski definition) is 6. The van der Waals surface area contributed by atoms with E-state index in [1.165, 1.54) is 36.4 Å². The normalized spacial score (nSPS) is 11.2. The summed E-state index contributed by atoms with van der Waals surface area (Å²) in [7, 11) is -3.67. The number of benzene rings is 4. The molecule has 0 spiro atoms. The zero-order valence-corrected chi connectivity index (χ0v) is 17.8. The van der Waals surface area contributed by atoms with Crippen LogP contribution in [0.5, 0.6) is 23.0 Å². The van der Waals surface area contributed by atoms with Gasteiger partial charge in [0, 0.05) is 9.79 Å². The van der Waals surface area contributed by atoms with E-state index in [0.717, 1.165) is 9.79 Å². The van der Waals surface area contributed by atoms with Crippen molar-refractivity contribution >= 4 is 21.6 Å². The minimum Gasteiger partial charge on any atom is -0.508 e. The second-order valence-corrected chi connectivity index (χ2v) is 9.73. The molecule has 0 atom stereocenters. The Morgan fingerprint density at radius 2 is 0.903 bits per heavy atom. The zero-order valence-electron chi connectivity index (χ0n) is 16.2. The van der Waals surface area contributed by atoms with Gasteiger partial charge in [-0.2, -0.15) is 0 Å². The average molecular weight is 451 g/mol. The Labute approximate surface area is 184 Å². The summed E-state index contributed by atoms with van der Waals surface area (Å²) in [6.07, 6.45) is 0. The van der Waals surface area contributed by atoms with Gasteiger partial charge in [0.1, 0.15) is 23.0 Å². The van der Waals surface area contributed by atoms with Crippen LogP contribution in [-0.2, 0) is 9.84 Å². The van der Waals surface area contributed by atoms with Crippen LogP contribution in [0.15, 0.2) is 117 Å². The Bertz CT molecular complexity index is 1260. The van der Waals surface area contributed by atoms with E-state index in [2.05, 4.69) is 0 Å². The smallest absolute Gasteiger partial charge is 0.206 e. The molecule has 0 fully saturated rings. The molecule has 0 saturated carbocycles. The lowest BCUT2D eigenvalue weighted by atomic mass is 10.3. The fourth-order valence-electron chi connectivity index (χ4n) is 2.81. The van der Waals surface area contributed by atoms with E-state index in [-0.39, 0.29) is 21.3 Å². The summed E-state index contributed by atoms with van der Waals surface area (Å²) in [5.74, 6) is 1.39. The first-order chi connectivity index (χ1) is 14.9. The molecular weight excluding hydrogens is 432 g/mol. The summed E-state index contributed by atoms with van der Waals surface area (Å²) in [5.41, 5.74) is 0. The molecule has 0 aliphatic rings. The van der Waals surface area contributed by atoms with Crippen molar-refractivity contribution in [2.24, 2.45) is 0 Å². The van der Waals surface area contributed by atoms with Crippen molar-refractivity contribution < 1.29 is 23.4 Å². The SMILES string of the molecule is O=S(=O)(c1ccc(O)cc1)c1ccc(Oc2ccc(Sc3ccc(O)cc3)cc2)cc1. The Hall–Kier alpha value is -3.42. The quantitative estimate of drug-likeness (QED) is 0.382. The van der Waals surface area contributed by atoms with E-state index in [1.807, 2.05) is 36.4 Å². The van der Waals surface area contributed by atoms with Gasteiger partial charge in [0.2, 0.25) is 9.84 Å². The van der Waals surface area contributed by atoms with Gasteiger partial charge in [-0.3, -0.25) is 0 Å². The lowest BCUT2D eigenvalue weighted by molar-refractivity contribution is 0.474. The van der Waals surface area contributed by atoms with Crippen LogP contribution in [0.25, 0.3) is 0 Å². The molecule has 0 aliphatic carbocycles. The molecule has 0 aliphatic heterocycles. The second kappa shape index (κ2) is 8.75. The van der Waals surface area contributed by atoms with E-state index in [1.54, 1.807) is 36.0 Å². The van der Waals surface area contributed by atoms with Crippen LogP contribution in [0, 0.1) is 0 Å². The van der Waals surface area contributed by atoms with Crippen LogP contribution in [0.2, 0.25) is 0 Å². The van der Waals surface area contributed by atoms with E-state index >= 15 is 0 Å². The van der Waals surface area contributed by atoms with E-state index in [9.17, 15) is 18.6 Å². The fourth-order valence-corrected chi connectivity index (χ4v) is 4.89.